The van der Waals surface area contributed by atoms with Gasteiger partial charge < -0.3 is 14.8 Å². The van der Waals surface area contributed by atoms with Crippen LogP contribution in [0, 0.1) is 0 Å². The van der Waals surface area contributed by atoms with Crippen LogP contribution < -0.4 is 10.1 Å². The third kappa shape index (κ3) is 3.49. The first-order valence-electron chi connectivity index (χ1n) is 6.03. The fourth-order valence-corrected chi connectivity index (χ4v) is 1.95. The molecule has 92 valence electrons. The normalized spacial score (nSPS) is 18.8. The van der Waals surface area contributed by atoms with E-state index >= 15 is 0 Å². The lowest BCUT2D eigenvalue weighted by Crippen LogP contribution is -2.28. The quantitative estimate of drug-likeness (QED) is 0.847. The molecule has 17 heavy (non-hydrogen) atoms. The first kappa shape index (κ1) is 12.0. The lowest BCUT2D eigenvalue weighted by molar-refractivity contribution is 0.122. The van der Waals surface area contributed by atoms with Crippen LogP contribution >= 0.6 is 0 Å². The fourth-order valence-electron chi connectivity index (χ4n) is 1.95. The molecule has 0 fully saturated rings. The molecule has 0 amide bonds. The number of ether oxygens (including phenoxy) is 2. The van der Waals surface area contributed by atoms with Gasteiger partial charge in [-0.1, -0.05) is 18.2 Å². The Bertz CT molecular complexity index is 376. The molecule has 3 heteroatoms. The smallest absolute Gasteiger partial charge is 0.123 e. The molecule has 0 aliphatic carbocycles. The van der Waals surface area contributed by atoms with Gasteiger partial charge in [-0.25, -0.2) is 0 Å². The summed E-state index contributed by atoms with van der Waals surface area (Å²) in [4.78, 5) is 0. The van der Waals surface area contributed by atoms with Crippen molar-refractivity contribution in [3.63, 3.8) is 0 Å². The van der Waals surface area contributed by atoms with E-state index in [9.17, 15) is 0 Å². The first-order valence-corrected chi connectivity index (χ1v) is 6.03. The van der Waals surface area contributed by atoms with Crippen molar-refractivity contribution in [2.45, 2.75) is 25.5 Å². The van der Waals surface area contributed by atoms with Gasteiger partial charge in [-0.15, -0.1) is 0 Å². The number of allylic oxidation sites excluding steroid dienone is 1. The van der Waals surface area contributed by atoms with E-state index in [4.69, 9.17) is 9.47 Å². The minimum Gasteiger partial charge on any atom is -0.497 e. The summed E-state index contributed by atoms with van der Waals surface area (Å²) in [6, 6.07) is 8.07. The Morgan fingerprint density at radius 3 is 3.06 bits per heavy atom. The molecule has 1 atom stereocenters. The van der Waals surface area contributed by atoms with Crippen molar-refractivity contribution in [1.29, 1.82) is 0 Å². The largest absolute Gasteiger partial charge is 0.497 e. The molecule has 2 rings (SSSR count). The van der Waals surface area contributed by atoms with Crippen LogP contribution in [-0.2, 0) is 11.3 Å². The molecule has 0 aromatic heterocycles. The van der Waals surface area contributed by atoms with E-state index in [1.54, 1.807) is 13.4 Å². The highest BCUT2D eigenvalue weighted by Gasteiger charge is 2.10. The van der Waals surface area contributed by atoms with E-state index in [2.05, 4.69) is 17.5 Å². The lowest BCUT2D eigenvalue weighted by Gasteiger charge is -2.20. The van der Waals surface area contributed by atoms with Gasteiger partial charge in [0.1, 0.15) is 11.9 Å². The van der Waals surface area contributed by atoms with Gasteiger partial charge in [0, 0.05) is 18.7 Å². The highest BCUT2D eigenvalue weighted by atomic mass is 16.5. The third-order valence-electron chi connectivity index (χ3n) is 2.90. The first-order chi connectivity index (χ1) is 8.40. The summed E-state index contributed by atoms with van der Waals surface area (Å²) in [5.74, 6) is 0.935. The number of para-hydroxylation sites is 1. The summed E-state index contributed by atoms with van der Waals surface area (Å²) in [7, 11) is 1.70. The molecule has 0 bridgehead atoms. The molecule has 1 aliphatic rings. The molecular formula is C14H19NO2. The number of rotatable bonds is 5. The highest BCUT2D eigenvalue weighted by molar-refractivity contribution is 5.32. The molecule has 0 spiro atoms. The van der Waals surface area contributed by atoms with E-state index in [0.717, 1.165) is 31.7 Å². The maximum absolute atomic E-state index is 5.50. The fraction of sp³-hybridized carbons (Fsp3) is 0.429. The molecule has 0 saturated carbocycles. The average Bonchev–Trinajstić information content (AvgIpc) is 2.40. The maximum Gasteiger partial charge on any atom is 0.123 e. The highest BCUT2D eigenvalue weighted by Crippen LogP contribution is 2.17. The summed E-state index contributed by atoms with van der Waals surface area (Å²) >= 11 is 0. The Hall–Kier alpha value is -1.48. The molecule has 0 radical (unpaired) electrons. The Morgan fingerprint density at radius 1 is 1.41 bits per heavy atom. The number of hydrogen-bond donors (Lipinski definition) is 1. The molecule has 1 aromatic carbocycles. The summed E-state index contributed by atoms with van der Waals surface area (Å²) in [6.07, 6.45) is 6.38. The minimum atomic E-state index is 0.301. The van der Waals surface area contributed by atoms with Crippen LogP contribution in [0.3, 0.4) is 0 Å². The Balaban J connectivity index is 1.79. The molecule has 1 aromatic rings. The van der Waals surface area contributed by atoms with Gasteiger partial charge in [-0.05, 0) is 25.0 Å². The van der Waals surface area contributed by atoms with Crippen molar-refractivity contribution in [3.8, 4) is 5.75 Å². The molecule has 1 heterocycles. The van der Waals surface area contributed by atoms with Crippen LogP contribution in [0.4, 0.5) is 0 Å². The second kappa shape index (κ2) is 6.30. The van der Waals surface area contributed by atoms with Gasteiger partial charge in [0.05, 0.1) is 13.4 Å². The molecular weight excluding hydrogens is 214 g/mol. The standard InChI is InChI=1S/C14H19NO2/c1-16-14-8-3-2-6-12(14)10-15-11-13-7-4-5-9-17-13/h2-3,5-6,8-9,13,15H,4,7,10-11H2,1H3. The van der Waals surface area contributed by atoms with Crippen LogP contribution in [0.15, 0.2) is 36.6 Å². The molecule has 3 nitrogen and oxygen atoms in total. The number of methoxy groups -OCH3 is 1. The van der Waals surface area contributed by atoms with Crippen molar-refractivity contribution >= 4 is 0 Å². The average molecular weight is 233 g/mol. The SMILES string of the molecule is COc1ccccc1CNCC1CCC=CO1. The van der Waals surface area contributed by atoms with Gasteiger partial charge in [0.15, 0.2) is 0 Å². The second-order valence-corrected chi connectivity index (χ2v) is 4.15. The van der Waals surface area contributed by atoms with Crippen LogP contribution in [0.25, 0.3) is 0 Å². The lowest BCUT2D eigenvalue weighted by atomic mass is 10.1. The molecule has 1 aliphatic heterocycles. The van der Waals surface area contributed by atoms with Crippen molar-refractivity contribution in [2.75, 3.05) is 13.7 Å². The predicted octanol–water partition coefficient (Wildman–Crippen LogP) is 2.48. The van der Waals surface area contributed by atoms with E-state index in [-0.39, 0.29) is 0 Å². The second-order valence-electron chi connectivity index (χ2n) is 4.15. The monoisotopic (exact) mass is 233 g/mol. The van der Waals surface area contributed by atoms with Gasteiger partial charge in [-0.2, -0.15) is 0 Å². The van der Waals surface area contributed by atoms with E-state index in [1.807, 2.05) is 18.2 Å². The summed E-state index contributed by atoms with van der Waals surface area (Å²) in [5, 5.41) is 3.41. The summed E-state index contributed by atoms with van der Waals surface area (Å²) in [5.41, 5.74) is 1.18. The molecule has 1 N–H and O–H groups in total. The molecule has 0 saturated heterocycles. The zero-order valence-corrected chi connectivity index (χ0v) is 10.2. The number of hydrogen-bond acceptors (Lipinski definition) is 3. The van der Waals surface area contributed by atoms with E-state index in [0.29, 0.717) is 6.10 Å². The number of benzene rings is 1. The zero-order valence-electron chi connectivity index (χ0n) is 10.2. The van der Waals surface area contributed by atoms with Crippen molar-refractivity contribution in [3.05, 3.63) is 42.2 Å². The topological polar surface area (TPSA) is 30.5 Å². The maximum atomic E-state index is 5.50. The summed E-state index contributed by atoms with van der Waals surface area (Å²) < 4.78 is 10.8. The molecule has 1 unspecified atom stereocenters. The zero-order chi connectivity index (χ0) is 11.9. The van der Waals surface area contributed by atoms with Gasteiger partial charge in [-0.3, -0.25) is 0 Å². The van der Waals surface area contributed by atoms with Crippen LogP contribution in [0.5, 0.6) is 5.75 Å². The van der Waals surface area contributed by atoms with E-state index < -0.39 is 0 Å². The van der Waals surface area contributed by atoms with Crippen molar-refractivity contribution < 1.29 is 9.47 Å². The van der Waals surface area contributed by atoms with Crippen LogP contribution in [-0.4, -0.2) is 19.8 Å². The Morgan fingerprint density at radius 2 is 2.29 bits per heavy atom. The Kier molecular flexibility index (Phi) is 4.45. The third-order valence-corrected chi connectivity index (χ3v) is 2.90. The van der Waals surface area contributed by atoms with Crippen molar-refractivity contribution in [2.24, 2.45) is 0 Å². The minimum absolute atomic E-state index is 0.301. The Labute approximate surface area is 102 Å². The summed E-state index contributed by atoms with van der Waals surface area (Å²) in [6.45, 7) is 1.69. The van der Waals surface area contributed by atoms with Gasteiger partial charge in [0.25, 0.3) is 0 Å². The van der Waals surface area contributed by atoms with Crippen LogP contribution in [0.2, 0.25) is 0 Å². The van der Waals surface area contributed by atoms with E-state index in [1.165, 1.54) is 5.56 Å². The predicted molar refractivity (Wildman–Crippen MR) is 67.9 cm³/mol. The van der Waals surface area contributed by atoms with Gasteiger partial charge >= 0.3 is 0 Å². The van der Waals surface area contributed by atoms with Gasteiger partial charge in [0.2, 0.25) is 0 Å². The van der Waals surface area contributed by atoms with Crippen LogP contribution in [0.1, 0.15) is 18.4 Å². The number of nitrogens with one attached hydrogen (secondary N) is 1. The van der Waals surface area contributed by atoms with Crippen molar-refractivity contribution in [1.82, 2.24) is 5.32 Å².